The van der Waals surface area contributed by atoms with Crippen molar-refractivity contribution >= 4 is 0 Å². The van der Waals surface area contributed by atoms with Crippen molar-refractivity contribution in [3.8, 4) is 0 Å². The van der Waals surface area contributed by atoms with Crippen molar-refractivity contribution in [2.45, 2.75) is 101 Å². The molecular formula is C30H38O10. The molecule has 0 bridgehead atoms. The molecule has 11 atom stereocenters. The monoisotopic (exact) mass is 558 g/mol. The fraction of sp³-hybridized carbons (Fsp3) is 0.600. The van der Waals surface area contributed by atoms with Crippen molar-refractivity contribution < 1.29 is 47.7 Å². The predicted octanol–water partition coefficient (Wildman–Crippen LogP) is 3.07. The summed E-state index contributed by atoms with van der Waals surface area (Å²) in [4.78, 5) is 0. The van der Waals surface area contributed by atoms with E-state index in [9.17, 15) is 5.11 Å². The molecule has 4 heterocycles. The van der Waals surface area contributed by atoms with Gasteiger partial charge >= 0.3 is 0 Å². The molecule has 2 aromatic carbocycles. The molecule has 0 saturated carbocycles. The third-order valence-electron chi connectivity index (χ3n) is 7.76. The van der Waals surface area contributed by atoms with Gasteiger partial charge in [0, 0.05) is 12.7 Å². The fourth-order valence-corrected chi connectivity index (χ4v) is 5.85. The van der Waals surface area contributed by atoms with Crippen LogP contribution < -0.4 is 0 Å². The maximum Gasteiger partial charge on any atom is 0.187 e. The van der Waals surface area contributed by atoms with E-state index in [1.165, 1.54) is 0 Å². The first-order chi connectivity index (χ1) is 19.3. The fourth-order valence-electron chi connectivity index (χ4n) is 5.85. The lowest BCUT2D eigenvalue weighted by Crippen LogP contribution is -2.65. The second kappa shape index (κ2) is 11.7. The van der Waals surface area contributed by atoms with E-state index in [-0.39, 0.29) is 13.2 Å². The van der Waals surface area contributed by atoms with Gasteiger partial charge in [0.25, 0.3) is 0 Å². The van der Waals surface area contributed by atoms with Crippen LogP contribution in [0.25, 0.3) is 0 Å². The maximum atomic E-state index is 11.7. The maximum absolute atomic E-state index is 11.7. The van der Waals surface area contributed by atoms with Crippen molar-refractivity contribution in [1.82, 2.24) is 0 Å². The summed E-state index contributed by atoms with van der Waals surface area (Å²) in [6, 6.07) is 19.4. The molecule has 0 radical (unpaired) electrons. The molecule has 1 N–H and O–H groups in total. The van der Waals surface area contributed by atoms with Crippen LogP contribution in [-0.2, 0) is 49.2 Å². The second-order valence-corrected chi connectivity index (χ2v) is 11.1. The van der Waals surface area contributed by atoms with E-state index >= 15 is 0 Å². The topological polar surface area (TPSA) is 103 Å². The highest BCUT2D eigenvalue weighted by Gasteiger charge is 2.58. The number of fused-ring (bicyclic) bond motifs is 2. The van der Waals surface area contributed by atoms with Crippen LogP contribution >= 0.6 is 0 Å². The smallest absolute Gasteiger partial charge is 0.187 e. The Balaban J connectivity index is 1.23. The largest absolute Gasteiger partial charge is 0.387 e. The molecule has 6 rings (SSSR count). The van der Waals surface area contributed by atoms with Gasteiger partial charge in [0.15, 0.2) is 24.7 Å². The van der Waals surface area contributed by atoms with Gasteiger partial charge in [0.05, 0.1) is 19.3 Å². The number of hydrogen-bond acceptors (Lipinski definition) is 10. The average molecular weight is 559 g/mol. The first-order valence-electron chi connectivity index (χ1n) is 13.8. The number of aliphatic hydroxyl groups is 1. The number of aliphatic hydroxyl groups excluding tert-OH is 1. The number of hydrogen-bond donors (Lipinski definition) is 1. The minimum Gasteiger partial charge on any atom is -0.387 e. The van der Waals surface area contributed by atoms with E-state index in [1.807, 2.05) is 81.4 Å². The number of ether oxygens (including phenoxy) is 9. The number of methoxy groups -OCH3 is 1. The van der Waals surface area contributed by atoms with Crippen LogP contribution in [0, 0.1) is 0 Å². The van der Waals surface area contributed by atoms with Crippen LogP contribution in [0.1, 0.15) is 38.2 Å². The lowest BCUT2D eigenvalue weighted by Gasteiger charge is -2.49. The average Bonchev–Trinajstić information content (AvgIpc) is 3.30. The van der Waals surface area contributed by atoms with Crippen molar-refractivity contribution in [2.75, 3.05) is 13.7 Å². The van der Waals surface area contributed by atoms with E-state index in [0.29, 0.717) is 0 Å². The van der Waals surface area contributed by atoms with E-state index in [4.69, 9.17) is 42.6 Å². The van der Waals surface area contributed by atoms with Gasteiger partial charge in [-0.2, -0.15) is 0 Å². The molecule has 218 valence electrons. The summed E-state index contributed by atoms with van der Waals surface area (Å²) in [5, 5.41) is 11.7. The molecule has 0 aliphatic carbocycles. The van der Waals surface area contributed by atoms with Gasteiger partial charge in [-0.25, -0.2) is 0 Å². The van der Waals surface area contributed by atoms with Crippen LogP contribution in [0.2, 0.25) is 0 Å². The Kier molecular flexibility index (Phi) is 8.26. The summed E-state index contributed by atoms with van der Waals surface area (Å²) in [5.41, 5.74) is 1.82. The molecule has 4 aliphatic heterocycles. The second-order valence-electron chi connectivity index (χ2n) is 11.1. The molecule has 0 aromatic heterocycles. The molecule has 0 amide bonds. The van der Waals surface area contributed by atoms with Gasteiger partial charge in [-0.15, -0.1) is 0 Å². The zero-order chi connectivity index (χ0) is 27.9. The summed E-state index contributed by atoms with van der Waals surface area (Å²) in [6.45, 7) is 6.05. The van der Waals surface area contributed by atoms with Gasteiger partial charge in [-0.1, -0.05) is 60.7 Å². The summed E-state index contributed by atoms with van der Waals surface area (Å²) >= 11 is 0. The first kappa shape index (κ1) is 28.2. The number of benzene rings is 2. The van der Waals surface area contributed by atoms with Crippen molar-refractivity contribution in [2.24, 2.45) is 0 Å². The standard InChI is InChI=1S/C30H38O10/c1-17-22(25-26(28(32-4)35-17)40-30(2,3)39-25)37-29-24(33-15-18-11-7-5-8-12-18)21(31)23-20(36-29)16-34-27(38-23)19-13-9-6-10-14-19/h5-14,17,20-29,31H,15-16H2,1-4H3/t17-,20+,21-,22-,23+,24-,25+,26+,27?,28+,29-/m0/s1. The first-order valence-corrected chi connectivity index (χ1v) is 13.8. The zero-order valence-corrected chi connectivity index (χ0v) is 23.2. The lowest BCUT2D eigenvalue weighted by atomic mass is 9.96. The molecule has 4 fully saturated rings. The van der Waals surface area contributed by atoms with Crippen molar-refractivity contribution in [3.63, 3.8) is 0 Å². The lowest BCUT2D eigenvalue weighted by molar-refractivity contribution is -0.384. The van der Waals surface area contributed by atoms with Gasteiger partial charge in [0.1, 0.15) is 42.7 Å². The van der Waals surface area contributed by atoms with Gasteiger partial charge in [0.2, 0.25) is 0 Å². The quantitative estimate of drug-likeness (QED) is 0.545. The van der Waals surface area contributed by atoms with Crippen molar-refractivity contribution in [3.05, 3.63) is 71.8 Å². The minimum atomic E-state index is -1.05. The van der Waals surface area contributed by atoms with Gasteiger partial charge in [-0.3, -0.25) is 0 Å². The van der Waals surface area contributed by atoms with Crippen LogP contribution in [-0.4, -0.2) is 86.0 Å². The van der Waals surface area contributed by atoms with Crippen LogP contribution in [0.5, 0.6) is 0 Å². The van der Waals surface area contributed by atoms with E-state index in [0.717, 1.165) is 11.1 Å². The Morgan fingerprint density at radius 2 is 1.55 bits per heavy atom. The molecule has 4 saturated heterocycles. The Labute approximate surface area is 234 Å². The Morgan fingerprint density at radius 3 is 2.27 bits per heavy atom. The summed E-state index contributed by atoms with van der Waals surface area (Å²) in [7, 11) is 1.57. The summed E-state index contributed by atoms with van der Waals surface area (Å²) in [6.07, 6.45) is -7.36. The minimum absolute atomic E-state index is 0.216. The molecular weight excluding hydrogens is 520 g/mol. The Morgan fingerprint density at radius 1 is 0.850 bits per heavy atom. The Hall–Kier alpha value is -1.96. The highest BCUT2D eigenvalue weighted by atomic mass is 16.8. The molecule has 4 aliphatic rings. The molecule has 0 spiro atoms. The molecule has 2 aromatic rings. The third-order valence-corrected chi connectivity index (χ3v) is 7.76. The van der Waals surface area contributed by atoms with Gasteiger partial charge in [-0.05, 0) is 26.3 Å². The van der Waals surface area contributed by atoms with E-state index in [2.05, 4.69) is 0 Å². The predicted molar refractivity (Wildman–Crippen MR) is 140 cm³/mol. The molecule has 10 heteroatoms. The van der Waals surface area contributed by atoms with Gasteiger partial charge < -0.3 is 47.7 Å². The van der Waals surface area contributed by atoms with Crippen molar-refractivity contribution in [1.29, 1.82) is 0 Å². The normalized spacial score (nSPS) is 40.8. The van der Waals surface area contributed by atoms with Crippen LogP contribution in [0.4, 0.5) is 0 Å². The van der Waals surface area contributed by atoms with Crippen LogP contribution in [0.3, 0.4) is 0 Å². The molecule has 1 unspecified atom stereocenters. The third kappa shape index (κ3) is 5.71. The van der Waals surface area contributed by atoms with E-state index < -0.39 is 73.5 Å². The van der Waals surface area contributed by atoms with E-state index in [1.54, 1.807) is 7.11 Å². The highest BCUT2D eigenvalue weighted by Crippen LogP contribution is 2.41. The highest BCUT2D eigenvalue weighted by molar-refractivity contribution is 5.17. The molecule has 10 nitrogen and oxygen atoms in total. The SMILES string of the molecule is CO[C@@H]1O[C@@H](C)[C@H](O[C@@H]2O[C@@H]3COC(c4ccccc4)O[C@H]3[C@H](O)[C@@H]2OCc2ccccc2)[C@H]2OC(C)(C)O[C@@H]12. The van der Waals surface area contributed by atoms with Crippen LogP contribution in [0.15, 0.2) is 60.7 Å². The summed E-state index contributed by atoms with van der Waals surface area (Å²) in [5.74, 6) is -0.847. The zero-order valence-electron chi connectivity index (χ0n) is 23.2. The Bertz CT molecular complexity index is 1100. The summed E-state index contributed by atoms with van der Waals surface area (Å²) < 4.78 is 55.5. The number of rotatable bonds is 7. The molecule has 40 heavy (non-hydrogen) atoms.